The van der Waals surface area contributed by atoms with Crippen LogP contribution < -0.4 is 10.6 Å². The topological polar surface area (TPSA) is 46.3 Å². The fraction of sp³-hybridized carbons (Fsp3) is 0.650. The summed E-state index contributed by atoms with van der Waals surface area (Å²) in [4.78, 5) is 13.9. The number of anilines is 2. The van der Waals surface area contributed by atoms with Crippen LogP contribution in [0.1, 0.15) is 60.5 Å². The van der Waals surface area contributed by atoms with Crippen LogP contribution in [0.4, 0.5) is 11.4 Å². The maximum absolute atomic E-state index is 11.5. The third-order valence-electron chi connectivity index (χ3n) is 4.01. The summed E-state index contributed by atoms with van der Waals surface area (Å²) in [6, 6.07) is 6.30. The number of ketones is 1. The van der Waals surface area contributed by atoms with Crippen molar-refractivity contribution >= 4 is 17.2 Å². The molecule has 0 radical (unpaired) electrons. The van der Waals surface area contributed by atoms with E-state index in [1.54, 1.807) is 6.92 Å². The van der Waals surface area contributed by atoms with Gasteiger partial charge in [-0.25, -0.2) is 0 Å². The molecular formula is C20H34N2O. The molecule has 130 valence electrons. The van der Waals surface area contributed by atoms with Crippen molar-refractivity contribution in [2.45, 2.75) is 60.3 Å². The molecule has 1 aromatic carbocycles. The first kappa shape index (κ1) is 19.5. The van der Waals surface area contributed by atoms with Crippen LogP contribution in [0.5, 0.6) is 0 Å². The Labute approximate surface area is 142 Å². The van der Waals surface area contributed by atoms with Gasteiger partial charge in [-0.15, -0.1) is 0 Å². The molecule has 3 heteroatoms. The number of nitrogen functional groups attached to an aromatic ring is 1. The molecule has 3 nitrogen and oxygen atoms in total. The standard InChI is InChI=1S/C20H34N2O/c1-14(2)12-22(13-15(3)4)19-9-8-17(10-18(19)21)20(6,7)11-16(5)23/h8-10,14-15H,11-13,21H2,1-7H3. The van der Waals surface area contributed by atoms with Crippen molar-refractivity contribution in [3.05, 3.63) is 23.8 Å². The number of nitrogens with zero attached hydrogens (tertiary/aromatic N) is 1. The molecule has 0 saturated heterocycles. The van der Waals surface area contributed by atoms with E-state index >= 15 is 0 Å². The smallest absolute Gasteiger partial charge is 0.130 e. The Kier molecular flexibility index (Phi) is 6.67. The minimum atomic E-state index is -0.181. The number of Topliss-reactive ketones (excluding diaryl/α,β-unsaturated/α-hetero) is 1. The summed E-state index contributed by atoms with van der Waals surface area (Å²) in [5.41, 5.74) is 9.23. The fourth-order valence-electron chi connectivity index (χ4n) is 3.14. The second kappa shape index (κ2) is 7.85. The van der Waals surface area contributed by atoms with Crippen LogP contribution in [0.3, 0.4) is 0 Å². The summed E-state index contributed by atoms with van der Waals surface area (Å²) in [5, 5.41) is 0. The van der Waals surface area contributed by atoms with Crippen LogP contribution in [-0.2, 0) is 10.2 Å². The lowest BCUT2D eigenvalue weighted by Gasteiger charge is -2.31. The van der Waals surface area contributed by atoms with Gasteiger partial charge in [0.15, 0.2) is 0 Å². The van der Waals surface area contributed by atoms with E-state index in [0.717, 1.165) is 30.0 Å². The highest BCUT2D eigenvalue weighted by atomic mass is 16.1. The molecule has 0 aliphatic rings. The second-order valence-corrected chi connectivity index (χ2v) is 8.23. The van der Waals surface area contributed by atoms with Crippen LogP contribution in [0.2, 0.25) is 0 Å². The van der Waals surface area contributed by atoms with Crippen molar-refractivity contribution in [3.63, 3.8) is 0 Å². The number of hydrogen-bond donors (Lipinski definition) is 1. The van der Waals surface area contributed by atoms with Crippen molar-refractivity contribution in [2.75, 3.05) is 23.7 Å². The molecule has 0 unspecified atom stereocenters. The molecule has 0 amide bonds. The molecule has 1 aromatic rings. The molecule has 0 aromatic heterocycles. The van der Waals surface area contributed by atoms with Crippen molar-refractivity contribution in [1.29, 1.82) is 0 Å². The highest BCUT2D eigenvalue weighted by Gasteiger charge is 2.24. The average molecular weight is 319 g/mol. The lowest BCUT2D eigenvalue weighted by molar-refractivity contribution is -0.118. The van der Waals surface area contributed by atoms with Gasteiger partial charge < -0.3 is 10.6 Å². The highest BCUT2D eigenvalue weighted by molar-refractivity contribution is 5.77. The average Bonchev–Trinajstić information content (AvgIpc) is 2.34. The second-order valence-electron chi connectivity index (χ2n) is 8.23. The molecule has 23 heavy (non-hydrogen) atoms. The number of hydrogen-bond acceptors (Lipinski definition) is 3. The van der Waals surface area contributed by atoms with Crippen LogP contribution in [-0.4, -0.2) is 18.9 Å². The van der Waals surface area contributed by atoms with E-state index in [9.17, 15) is 4.79 Å². The predicted octanol–water partition coefficient (Wildman–Crippen LogP) is 4.64. The molecule has 0 atom stereocenters. The Balaban J connectivity index is 3.12. The Morgan fingerprint density at radius 2 is 1.65 bits per heavy atom. The summed E-state index contributed by atoms with van der Waals surface area (Å²) in [6.45, 7) is 16.8. The van der Waals surface area contributed by atoms with E-state index in [4.69, 9.17) is 5.73 Å². The highest BCUT2D eigenvalue weighted by Crippen LogP contribution is 2.33. The molecule has 0 aliphatic heterocycles. The van der Waals surface area contributed by atoms with Gasteiger partial charge in [-0.3, -0.25) is 4.79 Å². The monoisotopic (exact) mass is 318 g/mol. The van der Waals surface area contributed by atoms with E-state index in [-0.39, 0.29) is 11.2 Å². The maximum atomic E-state index is 11.5. The lowest BCUT2D eigenvalue weighted by Crippen LogP contribution is -2.32. The Morgan fingerprint density at radius 1 is 1.13 bits per heavy atom. The van der Waals surface area contributed by atoms with Crippen molar-refractivity contribution in [1.82, 2.24) is 0 Å². The lowest BCUT2D eigenvalue weighted by atomic mass is 9.80. The Hall–Kier alpha value is -1.51. The predicted molar refractivity (Wildman–Crippen MR) is 101 cm³/mol. The number of carbonyl (C=O) groups is 1. The molecule has 0 heterocycles. The van der Waals surface area contributed by atoms with Gasteiger partial charge in [0.1, 0.15) is 5.78 Å². The van der Waals surface area contributed by atoms with Crippen LogP contribution >= 0.6 is 0 Å². The zero-order chi connectivity index (χ0) is 17.8. The zero-order valence-electron chi connectivity index (χ0n) is 15.9. The van der Waals surface area contributed by atoms with Gasteiger partial charge in [0.25, 0.3) is 0 Å². The van der Waals surface area contributed by atoms with Crippen molar-refractivity contribution < 1.29 is 4.79 Å². The van der Waals surface area contributed by atoms with Crippen LogP contribution in [0, 0.1) is 11.8 Å². The van der Waals surface area contributed by atoms with Gasteiger partial charge in [0.05, 0.1) is 11.4 Å². The first-order valence-electron chi connectivity index (χ1n) is 8.67. The molecule has 0 bridgehead atoms. The molecule has 0 aliphatic carbocycles. The van der Waals surface area contributed by atoms with E-state index in [1.165, 1.54) is 0 Å². The van der Waals surface area contributed by atoms with Gasteiger partial charge in [0, 0.05) is 19.5 Å². The van der Waals surface area contributed by atoms with Crippen molar-refractivity contribution in [2.24, 2.45) is 11.8 Å². The maximum Gasteiger partial charge on any atom is 0.130 e. The van der Waals surface area contributed by atoms with E-state index in [0.29, 0.717) is 18.3 Å². The minimum Gasteiger partial charge on any atom is -0.397 e. The van der Waals surface area contributed by atoms with Crippen LogP contribution in [0.15, 0.2) is 18.2 Å². The first-order valence-corrected chi connectivity index (χ1v) is 8.67. The zero-order valence-corrected chi connectivity index (χ0v) is 15.9. The number of nitrogens with two attached hydrogens (primary N) is 1. The number of carbonyl (C=O) groups excluding carboxylic acids is 1. The molecular weight excluding hydrogens is 284 g/mol. The third-order valence-corrected chi connectivity index (χ3v) is 4.01. The van der Waals surface area contributed by atoms with E-state index in [1.807, 2.05) is 6.07 Å². The van der Waals surface area contributed by atoms with Gasteiger partial charge in [-0.2, -0.15) is 0 Å². The number of benzene rings is 1. The molecule has 2 N–H and O–H groups in total. The summed E-state index contributed by atoms with van der Waals surface area (Å²) >= 11 is 0. The van der Waals surface area contributed by atoms with Gasteiger partial charge >= 0.3 is 0 Å². The number of rotatable bonds is 8. The van der Waals surface area contributed by atoms with Gasteiger partial charge in [-0.1, -0.05) is 47.6 Å². The Bertz CT molecular complexity index is 522. The van der Waals surface area contributed by atoms with E-state index < -0.39 is 0 Å². The molecule has 1 rings (SSSR count). The quantitative estimate of drug-likeness (QED) is 0.710. The largest absolute Gasteiger partial charge is 0.397 e. The first-order chi connectivity index (χ1) is 10.5. The Morgan fingerprint density at radius 3 is 2.04 bits per heavy atom. The summed E-state index contributed by atoms with van der Waals surface area (Å²) in [6.07, 6.45) is 0.535. The van der Waals surface area contributed by atoms with E-state index in [2.05, 4.69) is 58.6 Å². The van der Waals surface area contributed by atoms with Gasteiger partial charge in [-0.05, 0) is 41.9 Å². The molecule has 0 saturated carbocycles. The summed E-state index contributed by atoms with van der Waals surface area (Å²) < 4.78 is 0. The summed E-state index contributed by atoms with van der Waals surface area (Å²) in [7, 11) is 0. The fourth-order valence-corrected chi connectivity index (χ4v) is 3.14. The summed E-state index contributed by atoms with van der Waals surface area (Å²) in [5.74, 6) is 1.38. The SMILES string of the molecule is CC(=O)CC(C)(C)c1ccc(N(CC(C)C)CC(C)C)c(N)c1. The van der Waals surface area contributed by atoms with Crippen molar-refractivity contribution in [3.8, 4) is 0 Å². The van der Waals surface area contributed by atoms with Gasteiger partial charge in [0.2, 0.25) is 0 Å². The minimum absolute atomic E-state index is 0.181. The molecule has 0 spiro atoms. The molecule has 0 fully saturated rings. The third kappa shape index (κ3) is 5.89. The van der Waals surface area contributed by atoms with Crippen LogP contribution in [0.25, 0.3) is 0 Å². The normalized spacial score (nSPS) is 12.0.